The average molecular weight is 347 g/mol. The highest BCUT2D eigenvalue weighted by Crippen LogP contribution is 2.21. The van der Waals surface area contributed by atoms with Crippen molar-refractivity contribution >= 4 is 11.6 Å². The molecule has 0 spiro atoms. The van der Waals surface area contributed by atoms with Gasteiger partial charge in [0.25, 0.3) is 0 Å². The van der Waals surface area contributed by atoms with Gasteiger partial charge in [-0.3, -0.25) is 4.98 Å². The van der Waals surface area contributed by atoms with Crippen LogP contribution in [0.4, 0.5) is 11.6 Å². The maximum Gasteiger partial charge on any atom is 0.134 e. The second kappa shape index (κ2) is 8.43. The Labute approximate surface area is 155 Å². The Bertz CT molecular complexity index is 818. The van der Waals surface area contributed by atoms with Gasteiger partial charge >= 0.3 is 0 Å². The van der Waals surface area contributed by atoms with Crippen LogP contribution in [0, 0.1) is 6.92 Å². The third-order valence-corrected chi connectivity index (χ3v) is 4.11. The van der Waals surface area contributed by atoms with E-state index in [2.05, 4.69) is 63.3 Å². The average Bonchev–Trinajstić information content (AvgIpc) is 2.65. The first kappa shape index (κ1) is 17.9. The molecule has 0 amide bonds. The normalized spacial score (nSPS) is 10.8. The van der Waals surface area contributed by atoms with Crippen molar-refractivity contribution in [2.75, 3.05) is 10.2 Å². The summed E-state index contributed by atoms with van der Waals surface area (Å²) >= 11 is 0. The van der Waals surface area contributed by atoms with E-state index in [1.165, 1.54) is 5.56 Å². The standard InChI is InChI=1S/C21H25N5/c1-16(2)26(15-18-9-5-4-6-10-18)21-13-20(24-17(3)25-21)23-14-19-11-7-8-12-22-19/h4-13,16H,14-15H2,1-3H3,(H,23,24,25). The van der Waals surface area contributed by atoms with Crippen molar-refractivity contribution in [3.05, 3.63) is 77.9 Å². The highest BCUT2D eigenvalue weighted by atomic mass is 15.2. The van der Waals surface area contributed by atoms with E-state index in [0.717, 1.165) is 29.7 Å². The van der Waals surface area contributed by atoms with E-state index in [9.17, 15) is 0 Å². The number of hydrogen-bond donors (Lipinski definition) is 1. The summed E-state index contributed by atoms with van der Waals surface area (Å²) in [4.78, 5) is 15.8. The quantitative estimate of drug-likeness (QED) is 0.694. The van der Waals surface area contributed by atoms with Gasteiger partial charge in [-0.05, 0) is 38.5 Å². The maximum atomic E-state index is 4.67. The number of hydrogen-bond acceptors (Lipinski definition) is 5. The maximum absolute atomic E-state index is 4.67. The highest BCUT2D eigenvalue weighted by molar-refractivity contribution is 5.50. The summed E-state index contributed by atoms with van der Waals surface area (Å²) < 4.78 is 0. The third kappa shape index (κ3) is 4.79. The minimum atomic E-state index is 0.327. The molecule has 0 saturated carbocycles. The Morgan fingerprint density at radius 3 is 2.46 bits per heavy atom. The number of aryl methyl sites for hydroxylation is 1. The van der Waals surface area contributed by atoms with Gasteiger partial charge in [-0.15, -0.1) is 0 Å². The molecule has 2 heterocycles. The molecule has 0 bridgehead atoms. The van der Waals surface area contributed by atoms with Crippen LogP contribution in [0.3, 0.4) is 0 Å². The summed E-state index contributed by atoms with van der Waals surface area (Å²) in [6.07, 6.45) is 1.80. The molecule has 26 heavy (non-hydrogen) atoms. The van der Waals surface area contributed by atoms with E-state index < -0.39 is 0 Å². The lowest BCUT2D eigenvalue weighted by atomic mass is 10.2. The molecule has 3 aromatic rings. The Morgan fingerprint density at radius 1 is 1.00 bits per heavy atom. The Hall–Kier alpha value is -2.95. The minimum absolute atomic E-state index is 0.327. The SMILES string of the molecule is Cc1nc(NCc2ccccn2)cc(N(Cc2ccccc2)C(C)C)n1. The molecule has 2 aromatic heterocycles. The van der Waals surface area contributed by atoms with E-state index in [-0.39, 0.29) is 0 Å². The van der Waals surface area contributed by atoms with E-state index >= 15 is 0 Å². The molecule has 0 aliphatic rings. The first-order chi connectivity index (χ1) is 12.6. The van der Waals surface area contributed by atoms with Crippen molar-refractivity contribution in [1.82, 2.24) is 15.0 Å². The van der Waals surface area contributed by atoms with Gasteiger partial charge in [0.05, 0.1) is 12.2 Å². The lowest BCUT2D eigenvalue weighted by Gasteiger charge is -2.28. The summed E-state index contributed by atoms with van der Waals surface area (Å²) in [6.45, 7) is 7.74. The Kier molecular flexibility index (Phi) is 5.79. The van der Waals surface area contributed by atoms with Crippen molar-refractivity contribution in [1.29, 1.82) is 0 Å². The predicted octanol–water partition coefficient (Wildman–Crippen LogP) is 4.21. The number of benzene rings is 1. The summed E-state index contributed by atoms with van der Waals surface area (Å²) in [5.74, 6) is 2.50. The number of rotatable bonds is 7. The van der Waals surface area contributed by atoms with E-state index in [1.54, 1.807) is 6.20 Å². The molecule has 0 radical (unpaired) electrons. The second-order valence-corrected chi connectivity index (χ2v) is 6.54. The molecule has 1 aromatic carbocycles. The molecule has 0 fully saturated rings. The molecule has 5 nitrogen and oxygen atoms in total. The molecular formula is C21H25N5. The monoisotopic (exact) mass is 347 g/mol. The van der Waals surface area contributed by atoms with E-state index in [0.29, 0.717) is 12.6 Å². The van der Waals surface area contributed by atoms with E-state index in [4.69, 9.17) is 0 Å². The zero-order valence-electron chi connectivity index (χ0n) is 15.6. The largest absolute Gasteiger partial charge is 0.364 e. The molecule has 0 saturated heterocycles. The van der Waals surface area contributed by atoms with Crippen LogP contribution in [0.15, 0.2) is 60.8 Å². The molecule has 5 heteroatoms. The van der Waals surface area contributed by atoms with Crippen molar-refractivity contribution in [2.45, 2.75) is 39.9 Å². The van der Waals surface area contributed by atoms with Crippen LogP contribution >= 0.6 is 0 Å². The van der Waals surface area contributed by atoms with Gasteiger partial charge in [-0.2, -0.15) is 0 Å². The first-order valence-electron chi connectivity index (χ1n) is 8.92. The number of pyridine rings is 1. The number of anilines is 2. The lowest BCUT2D eigenvalue weighted by Crippen LogP contribution is -2.31. The van der Waals surface area contributed by atoms with Crippen LogP contribution in [0.25, 0.3) is 0 Å². The molecule has 0 aliphatic heterocycles. The zero-order valence-corrected chi connectivity index (χ0v) is 15.6. The van der Waals surface area contributed by atoms with Gasteiger partial charge in [-0.25, -0.2) is 9.97 Å². The van der Waals surface area contributed by atoms with Crippen LogP contribution in [0.1, 0.15) is 30.9 Å². The summed E-state index contributed by atoms with van der Waals surface area (Å²) in [6, 6.07) is 18.7. The molecule has 134 valence electrons. The third-order valence-electron chi connectivity index (χ3n) is 4.11. The van der Waals surface area contributed by atoms with Crippen molar-refractivity contribution in [2.24, 2.45) is 0 Å². The van der Waals surface area contributed by atoms with Crippen LogP contribution in [0.2, 0.25) is 0 Å². The van der Waals surface area contributed by atoms with Crippen LogP contribution in [-0.4, -0.2) is 21.0 Å². The zero-order chi connectivity index (χ0) is 18.4. The molecular weight excluding hydrogens is 322 g/mol. The van der Waals surface area contributed by atoms with Crippen LogP contribution < -0.4 is 10.2 Å². The summed E-state index contributed by atoms with van der Waals surface area (Å²) in [7, 11) is 0. The summed E-state index contributed by atoms with van der Waals surface area (Å²) in [5.41, 5.74) is 2.25. The van der Waals surface area contributed by atoms with Gasteiger partial charge in [0.1, 0.15) is 17.5 Å². The predicted molar refractivity (Wildman–Crippen MR) is 106 cm³/mol. The number of nitrogens with zero attached hydrogens (tertiary/aromatic N) is 4. The Balaban J connectivity index is 1.80. The minimum Gasteiger partial charge on any atom is -0.364 e. The van der Waals surface area contributed by atoms with Gasteiger partial charge in [0.15, 0.2) is 0 Å². The molecule has 0 atom stereocenters. The lowest BCUT2D eigenvalue weighted by molar-refractivity contribution is 0.669. The number of nitrogens with one attached hydrogen (secondary N) is 1. The summed E-state index contributed by atoms with van der Waals surface area (Å²) in [5, 5.41) is 3.36. The molecule has 0 aliphatic carbocycles. The fourth-order valence-electron chi connectivity index (χ4n) is 2.78. The van der Waals surface area contributed by atoms with Crippen LogP contribution in [-0.2, 0) is 13.1 Å². The van der Waals surface area contributed by atoms with Gasteiger partial charge < -0.3 is 10.2 Å². The number of aromatic nitrogens is 3. The van der Waals surface area contributed by atoms with Gasteiger partial charge in [-0.1, -0.05) is 36.4 Å². The first-order valence-corrected chi connectivity index (χ1v) is 8.92. The fourth-order valence-corrected chi connectivity index (χ4v) is 2.78. The molecule has 3 rings (SSSR count). The van der Waals surface area contributed by atoms with Gasteiger partial charge in [0, 0.05) is 24.8 Å². The molecule has 0 unspecified atom stereocenters. The van der Waals surface area contributed by atoms with Crippen LogP contribution in [0.5, 0.6) is 0 Å². The molecule has 1 N–H and O–H groups in total. The van der Waals surface area contributed by atoms with Crippen molar-refractivity contribution in [3.63, 3.8) is 0 Å². The highest BCUT2D eigenvalue weighted by Gasteiger charge is 2.14. The van der Waals surface area contributed by atoms with Gasteiger partial charge in [0.2, 0.25) is 0 Å². The fraction of sp³-hybridized carbons (Fsp3) is 0.286. The van der Waals surface area contributed by atoms with Crippen molar-refractivity contribution < 1.29 is 0 Å². The smallest absolute Gasteiger partial charge is 0.134 e. The Morgan fingerprint density at radius 2 is 1.77 bits per heavy atom. The second-order valence-electron chi connectivity index (χ2n) is 6.54. The van der Waals surface area contributed by atoms with E-state index in [1.807, 2.05) is 37.3 Å². The topological polar surface area (TPSA) is 53.9 Å². The van der Waals surface area contributed by atoms with Crippen molar-refractivity contribution in [3.8, 4) is 0 Å².